The first-order chi connectivity index (χ1) is 11.7. The number of hydrogen-bond donors (Lipinski definition) is 1. The van der Waals surface area contributed by atoms with Crippen LogP contribution in [0.15, 0.2) is 48.8 Å². The van der Waals surface area contributed by atoms with E-state index in [4.69, 9.17) is 9.47 Å². The average molecular weight is 323 g/mol. The molecule has 6 nitrogen and oxygen atoms in total. The second kappa shape index (κ2) is 6.95. The Balaban J connectivity index is 1.72. The SMILES string of the molecule is COc1ccc(CNC(=O)c2ccc3nccnc3c2)cc1OC. The number of benzene rings is 2. The van der Waals surface area contributed by atoms with Gasteiger partial charge in [0, 0.05) is 24.5 Å². The summed E-state index contributed by atoms with van der Waals surface area (Å²) in [5.41, 5.74) is 2.91. The number of nitrogens with zero attached hydrogens (tertiary/aromatic N) is 2. The molecule has 0 aliphatic carbocycles. The van der Waals surface area contributed by atoms with Crippen LogP contribution in [0.5, 0.6) is 11.5 Å². The van der Waals surface area contributed by atoms with E-state index in [1.165, 1.54) is 0 Å². The molecule has 3 aromatic rings. The Morgan fingerprint density at radius 1 is 0.958 bits per heavy atom. The van der Waals surface area contributed by atoms with E-state index in [1.54, 1.807) is 44.8 Å². The van der Waals surface area contributed by atoms with Gasteiger partial charge in [-0.1, -0.05) is 6.07 Å². The van der Waals surface area contributed by atoms with Crippen LogP contribution in [0.4, 0.5) is 0 Å². The summed E-state index contributed by atoms with van der Waals surface area (Å²) in [6.45, 7) is 0.387. The van der Waals surface area contributed by atoms with Crippen molar-refractivity contribution in [2.24, 2.45) is 0 Å². The number of carbonyl (C=O) groups excluding carboxylic acids is 1. The predicted molar refractivity (Wildman–Crippen MR) is 90.3 cm³/mol. The standard InChI is InChI=1S/C18H17N3O3/c1-23-16-6-3-12(9-17(16)24-2)11-21-18(22)13-4-5-14-15(10-13)20-8-7-19-14/h3-10H,11H2,1-2H3,(H,21,22). The van der Waals surface area contributed by atoms with Gasteiger partial charge in [-0.3, -0.25) is 14.8 Å². The molecule has 0 fully saturated rings. The molecular formula is C18H17N3O3. The second-order valence-electron chi connectivity index (χ2n) is 5.13. The Hall–Kier alpha value is -3.15. The summed E-state index contributed by atoms with van der Waals surface area (Å²) >= 11 is 0. The van der Waals surface area contributed by atoms with E-state index in [-0.39, 0.29) is 5.91 Å². The van der Waals surface area contributed by atoms with Crippen LogP contribution in [-0.2, 0) is 6.54 Å². The summed E-state index contributed by atoms with van der Waals surface area (Å²) in [5.74, 6) is 1.11. The van der Waals surface area contributed by atoms with Crippen molar-refractivity contribution in [1.29, 1.82) is 0 Å². The van der Waals surface area contributed by atoms with Gasteiger partial charge in [0.15, 0.2) is 11.5 Å². The van der Waals surface area contributed by atoms with Gasteiger partial charge in [0.05, 0.1) is 25.3 Å². The fourth-order valence-corrected chi connectivity index (χ4v) is 2.38. The largest absolute Gasteiger partial charge is 0.493 e. The number of nitrogens with one attached hydrogen (secondary N) is 1. The van der Waals surface area contributed by atoms with E-state index in [0.717, 1.165) is 11.1 Å². The maximum atomic E-state index is 12.3. The van der Waals surface area contributed by atoms with Crippen molar-refractivity contribution in [3.8, 4) is 11.5 Å². The Bertz CT molecular complexity index is 880. The maximum absolute atomic E-state index is 12.3. The number of aromatic nitrogens is 2. The molecule has 0 saturated heterocycles. The summed E-state index contributed by atoms with van der Waals surface area (Å²) in [5, 5.41) is 2.89. The van der Waals surface area contributed by atoms with Crippen molar-refractivity contribution in [2.75, 3.05) is 14.2 Å². The van der Waals surface area contributed by atoms with Crippen molar-refractivity contribution >= 4 is 16.9 Å². The van der Waals surface area contributed by atoms with Crippen LogP contribution in [0.25, 0.3) is 11.0 Å². The van der Waals surface area contributed by atoms with E-state index in [1.807, 2.05) is 18.2 Å². The number of ether oxygens (including phenoxy) is 2. The van der Waals surface area contributed by atoms with Crippen molar-refractivity contribution in [3.63, 3.8) is 0 Å². The predicted octanol–water partition coefficient (Wildman–Crippen LogP) is 2.58. The van der Waals surface area contributed by atoms with Crippen molar-refractivity contribution in [2.45, 2.75) is 6.54 Å². The third-order valence-electron chi connectivity index (χ3n) is 3.63. The van der Waals surface area contributed by atoms with Crippen LogP contribution in [0.2, 0.25) is 0 Å². The molecule has 0 unspecified atom stereocenters. The molecule has 2 aromatic carbocycles. The van der Waals surface area contributed by atoms with E-state index in [0.29, 0.717) is 29.1 Å². The number of amides is 1. The van der Waals surface area contributed by atoms with Gasteiger partial charge in [-0.25, -0.2) is 0 Å². The number of fused-ring (bicyclic) bond motifs is 1. The monoisotopic (exact) mass is 323 g/mol. The first kappa shape index (κ1) is 15.7. The Kier molecular flexibility index (Phi) is 4.56. The second-order valence-corrected chi connectivity index (χ2v) is 5.13. The minimum absolute atomic E-state index is 0.169. The molecule has 0 bridgehead atoms. The Morgan fingerprint density at radius 2 is 1.71 bits per heavy atom. The number of methoxy groups -OCH3 is 2. The van der Waals surface area contributed by atoms with Gasteiger partial charge in [-0.15, -0.1) is 0 Å². The molecule has 0 radical (unpaired) electrons. The highest BCUT2D eigenvalue weighted by atomic mass is 16.5. The van der Waals surface area contributed by atoms with Crippen molar-refractivity contribution in [3.05, 3.63) is 59.9 Å². The molecule has 3 rings (SSSR count). The third-order valence-corrected chi connectivity index (χ3v) is 3.63. The fraction of sp³-hybridized carbons (Fsp3) is 0.167. The smallest absolute Gasteiger partial charge is 0.251 e. The first-order valence-electron chi connectivity index (χ1n) is 7.41. The van der Waals surface area contributed by atoms with Gasteiger partial charge in [-0.05, 0) is 35.9 Å². The minimum Gasteiger partial charge on any atom is -0.493 e. The number of rotatable bonds is 5. The molecule has 0 saturated carbocycles. The van der Waals surface area contributed by atoms with Gasteiger partial charge >= 0.3 is 0 Å². The van der Waals surface area contributed by atoms with E-state index >= 15 is 0 Å². The van der Waals surface area contributed by atoms with Crippen LogP contribution in [-0.4, -0.2) is 30.1 Å². The third kappa shape index (κ3) is 3.27. The molecule has 0 atom stereocenters. The normalized spacial score (nSPS) is 10.4. The van der Waals surface area contributed by atoms with Gasteiger partial charge in [-0.2, -0.15) is 0 Å². The lowest BCUT2D eigenvalue weighted by Gasteiger charge is -2.10. The average Bonchev–Trinajstić information content (AvgIpc) is 2.65. The molecule has 24 heavy (non-hydrogen) atoms. The topological polar surface area (TPSA) is 73.3 Å². The molecule has 1 heterocycles. The van der Waals surface area contributed by atoms with Crippen molar-refractivity contribution < 1.29 is 14.3 Å². The Labute approximate surface area is 139 Å². The van der Waals surface area contributed by atoms with Gasteiger partial charge in [0.1, 0.15) is 0 Å². The van der Waals surface area contributed by atoms with Gasteiger partial charge < -0.3 is 14.8 Å². The van der Waals surface area contributed by atoms with Crippen LogP contribution >= 0.6 is 0 Å². The lowest BCUT2D eigenvalue weighted by atomic mass is 10.1. The lowest BCUT2D eigenvalue weighted by molar-refractivity contribution is 0.0951. The fourth-order valence-electron chi connectivity index (χ4n) is 2.38. The zero-order valence-corrected chi connectivity index (χ0v) is 13.4. The summed E-state index contributed by atoms with van der Waals surface area (Å²) in [7, 11) is 3.16. The minimum atomic E-state index is -0.169. The van der Waals surface area contributed by atoms with E-state index in [2.05, 4.69) is 15.3 Å². The zero-order valence-electron chi connectivity index (χ0n) is 13.4. The molecule has 1 N–H and O–H groups in total. The van der Waals surface area contributed by atoms with E-state index in [9.17, 15) is 4.79 Å². The maximum Gasteiger partial charge on any atom is 0.251 e. The molecule has 122 valence electrons. The molecule has 1 aromatic heterocycles. The molecule has 0 aliphatic heterocycles. The quantitative estimate of drug-likeness (QED) is 0.781. The number of carbonyl (C=O) groups is 1. The number of hydrogen-bond acceptors (Lipinski definition) is 5. The van der Waals surface area contributed by atoms with E-state index < -0.39 is 0 Å². The van der Waals surface area contributed by atoms with Crippen LogP contribution in [0.1, 0.15) is 15.9 Å². The summed E-state index contributed by atoms with van der Waals surface area (Å²) < 4.78 is 10.5. The van der Waals surface area contributed by atoms with Crippen molar-refractivity contribution in [1.82, 2.24) is 15.3 Å². The highest BCUT2D eigenvalue weighted by Gasteiger charge is 2.09. The van der Waals surface area contributed by atoms with Crippen LogP contribution in [0.3, 0.4) is 0 Å². The molecule has 0 aliphatic rings. The first-order valence-corrected chi connectivity index (χ1v) is 7.41. The summed E-state index contributed by atoms with van der Waals surface area (Å²) in [6, 6.07) is 10.8. The Morgan fingerprint density at radius 3 is 2.46 bits per heavy atom. The molecular weight excluding hydrogens is 306 g/mol. The summed E-state index contributed by atoms with van der Waals surface area (Å²) in [6.07, 6.45) is 3.23. The molecule has 0 spiro atoms. The summed E-state index contributed by atoms with van der Waals surface area (Å²) in [4.78, 5) is 20.7. The molecule has 6 heteroatoms. The van der Waals surface area contributed by atoms with Gasteiger partial charge in [0.2, 0.25) is 0 Å². The van der Waals surface area contributed by atoms with Crippen LogP contribution < -0.4 is 14.8 Å². The lowest BCUT2D eigenvalue weighted by Crippen LogP contribution is -2.22. The van der Waals surface area contributed by atoms with Gasteiger partial charge in [0.25, 0.3) is 5.91 Å². The molecule has 1 amide bonds. The highest BCUT2D eigenvalue weighted by Crippen LogP contribution is 2.27. The zero-order chi connectivity index (χ0) is 16.9. The highest BCUT2D eigenvalue weighted by molar-refractivity contribution is 5.97. The van der Waals surface area contributed by atoms with Crippen LogP contribution in [0, 0.1) is 0 Å².